The highest BCUT2D eigenvalue weighted by Crippen LogP contribution is 2.25. The van der Waals surface area contributed by atoms with Gasteiger partial charge in [0, 0.05) is 21.5 Å². The van der Waals surface area contributed by atoms with Crippen molar-refractivity contribution < 1.29 is 0 Å². The lowest BCUT2D eigenvalue weighted by molar-refractivity contribution is 0.736. The van der Waals surface area contributed by atoms with E-state index >= 15 is 0 Å². The first-order valence-corrected chi connectivity index (χ1v) is 5.14. The molecular formula is C8H10Br2N2. The van der Waals surface area contributed by atoms with Crippen molar-refractivity contribution in [2.45, 2.75) is 6.04 Å². The molecule has 0 amide bonds. The van der Waals surface area contributed by atoms with Gasteiger partial charge in [0.25, 0.3) is 0 Å². The van der Waals surface area contributed by atoms with Gasteiger partial charge in [-0.05, 0) is 49.6 Å². The topological polar surface area (TPSA) is 52.0 Å². The monoisotopic (exact) mass is 292 g/mol. The summed E-state index contributed by atoms with van der Waals surface area (Å²) in [6, 6.07) is 5.82. The lowest BCUT2D eigenvalue weighted by atomic mass is 10.1. The zero-order valence-corrected chi connectivity index (χ0v) is 9.60. The summed E-state index contributed by atoms with van der Waals surface area (Å²) in [7, 11) is 0. The molecule has 0 saturated heterocycles. The molecule has 0 fully saturated rings. The van der Waals surface area contributed by atoms with E-state index in [0.29, 0.717) is 6.54 Å². The molecule has 0 heterocycles. The minimum atomic E-state index is -0.0746. The zero-order chi connectivity index (χ0) is 9.14. The van der Waals surface area contributed by atoms with E-state index in [1.807, 2.05) is 18.2 Å². The Labute approximate surface area is 88.6 Å². The molecule has 0 aliphatic carbocycles. The van der Waals surface area contributed by atoms with E-state index in [2.05, 4.69) is 31.9 Å². The van der Waals surface area contributed by atoms with Gasteiger partial charge in [-0.15, -0.1) is 0 Å². The van der Waals surface area contributed by atoms with Gasteiger partial charge in [0.15, 0.2) is 0 Å². The van der Waals surface area contributed by atoms with Crippen LogP contribution in [0.3, 0.4) is 0 Å². The van der Waals surface area contributed by atoms with Crippen LogP contribution in [0.1, 0.15) is 11.6 Å². The second kappa shape index (κ2) is 4.37. The largest absolute Gasteiger partial charge is 0.329 e. The fraction of sp³-hybridized carbons (Fsp3) is 0.250. The molecule has 0 saturated carbocycles. The van der Waals surface area contributed by atoms with E-state index in [9.17, 15) is 0 Å². The van der Waals surface area contributed by atoms with Crippen LogP contribution < -0.4 is 11.5 Å². The molecule has 0 aliphatic rings. The summed E-state index contributed by atoms with van der Waals surface area (Å²) >= 11 is 6.78. The fourth-order valence-corrected chi connectivity index (χ4v) is 1.52. The van der Waals surface area contributed by atoms with Crippen molar-refractivity contribution in [2.75, 3.05) is 6.54 Å². The molecular weight excluding hydrogens is 284 g/mol. The Hall–Kier alpha value is 0.1000. The average Bonchev–Trinajstić information content (AvgIpc) is 2.08. The summed E-state index contributed by atoms with van der Waals surface area (Å²) in [5.74, 6) is 0. The standard InChI is InChI=1S/C8H10Br2N2/c9-6-2-1-5(3-7(6)10)8(12)4-11/h1-3,8H,4,11-12H2/t8-/m1/s1. The van der Waals surface area contributed by atoms with E-state index in [1.54, 1.807) is 0 Å². The number of halogens is 2. The van der Waals surface area contributed by atoms with Crippen LogP contribution in [0.5, 0.6) is 0 Å². The molecule has 0 radical (unpaired) electrons. The van der Waals surface area contributed by atoms with E-state index in [4.69, 9.17) is 11.5 Å². The SMILES string of the molecule is NC[C@@H](N)c1ccc(Br)c(Br)c1. The molecule has 1 aromatic carbocycles. The Morgan fingerprint density at radius 2 is 1.92 bits per heavy atom. The zero-order valence-electron chi connectivity index (χ0n) is 6.43. The molecule has 0 aliphatic heterocycles. The third kappa shape index (κ3) is 2.29. The quantitative estimate of drug-likeness (QED) is 0.878. The Morgan fingerprint density at radius 3 is 2.42 bits per heavy atom. The minimum Gasteiger partial charge on any atom is -0.329 e. The number of rotatable bonds is 2. The van der Waals surface area contributed by atoms with E-state index in [0.717, 1.165) is 14.5 Å². The molecule has 2 nitrogen and oxygen atoms in total. The highest BCUT2D eigenvalue weighted by Gasteiger charge is 2.04. The summed E-state index contributed by atoms with van der Waals surface area (Å²) in [5, 5.41) is 0. The van der Waals surface area contributed by atoms with Crippen LogP contribution in [0.4, 0.5) is 0 Å². The Bertz CT molecular complexity index is 276. The van der Waals surface area contributed by atoms with Crippen molar-refractivity contribution in [2.24, 2.45) is 11.5 Å². The predicted octanol–water partition coefficient (Wildman–Crippen LogP) is 2.17. The summed E-state index contributed by atoms with van der Waals surface area (Å²) in [4.78, 5) is 0. The molecule has 66 valence electrons. The second-order valence-corrected chi connectivity index (χ2v) is 4.22. The highest BCUT2D eigenvalue weighted by atomic mass is 79.9. The number of hydrogen-bond acceptors (Lipinski definition) is 2. The van der Waals surface area contributed by atoms with Crippen LogP contribution in [0.2, 0.25) is 0 Å². The molecule has 4 heteroatoms. The highest BCUT2D eigenvalue weighted by molar-refractivity contribution is 9.13. The van der Waals surface area contributed by atoms with Crippen molar-refractivity contribution >= 4 is 31.9 Å². The van der Waals surface area contributed by atoms with E-state index in [1.165, 1.54) is 0 Å². The van der Waals surface area contributed by atoms with Crippen molar-refractivity contribution in [3.8, 4) is 0 Å². The minimum absolute atomic E-state index is 0.0746. The maximum Gasteiger partial charge on any atom is 0.0419 e. The van der Waals surface area contributed by atoms with Gasteiger partial charge in [0.1, 0.15) is 0 Å². The first kappa shape index (κ1) is 10.2. The van der Waals surface area contributed by atoms with Gasteiger partial charge in [-0.2, -0.15) is 0 Å². The van der Waals surface area contributed by atoms with E-state index in [-0.39, 0.29) is 6.04 Å². The van der Waals surface area contributed by atoms with Crippen LogP contribution in [0, 0.1) is 0 Å². The van der Waals surface area contributed by atoms with Gasteiger partial charge in [-0.1, -0.05) is 6.07 Å². The first-order valence-electron chi connectivity index (χ1n) is 3.55. The fourth-order valence-electron chi connectivity index (χ4n) is 0.879. The maximum atomic E-state index is 5.75. The van der Waals surface area contributed by atoms with Crippen LogP contribution in [-0.2, 0) is 0 Å². The van der Waals surface area contributed by atoms with Gasteiger partial charge in [-0.3, -0.25) is 0 Å². The molecule has 0 bridgehead atoms. The van der Waals surface area contributed by atoms with Crippen LogP contribution >= 0.6 is 31.9 Å². The third-order valence-corrected chi connectivity index (χ3v) is 3.51. The van der Waals surface area contributed by atoms with Crippen molar-refractivity contribution in [1.82, 2.24) is 0 Å². The molecule has 1 atom stereocenters. The molecule has 1 rings (SSSR count). The number of nitrogens with two attached hydrogens (primary N) is 2. The maximum absolute atomic E-state index is 5.75. The van der Waals surface area contributed by atoms with Gasteiger partial charge in [-0.25, -0.2) is 0 Å². The van der Waals surface area contributed by atoms with Gasteiger partial charge in [0.2, 0.25) is 0 Å². The molecule has 0 unspecified atom stereocenters. The summed E-state index contributed by atoms with van der Waals surface area (Å²) in [6.45, 7) is 0.466. The number of benzene rings is 1. The summed E-state index contributed by atoms with van der Waals surface area (Å²) in [5.41, 5.74) is 12.2. The van der Waals surface area contributed by atoms with Crippen molar-refractivity contribution in [1.29, 1.82) is 0 Å². The van der Waals surface area contributed by atoms with Crippen molar-refractivity contribution in [3.05, 3.63) is 32.7 Å². The Balaban J connectivity index is 2.96. The average molecular weight is 294 g/mol. The smallest absolute Gasteiger partial charge is 0.0419 e. The summed E-state index contributed by atoms with van der Waals surface area (Å²) in [6.07, 6.45) is 0. The molecule has 4 N–H and O–H groups in total. The van der Waals surface area contributed by atoms with Gasteiger partial charge < -0.3 is 11.5 Å². The molecule has 12 heavy (non-hydrogen) atoms. The molecule has 1 aromatic rings. The Morgan fingerprint density at radius 1 is 1.25 bits per heavy atom. The normalized spacial score (nSPS) is 13.0. The lowest BCUT2D eigenvalue weighted by Gasteiger charge is -2.09. The molecule has 0 aromatic heterocycles. The first-order chi connectivity index (χ1) is 5.65. The van der Waals surface area contributed by atoms with E-state index < -0.39 is 0 Å². The lowest BCUT2D eigenvalue weighted by Crippen LogP contribution is -2.20. The molecule has 0 spiro atoms. The van der Waals surface area contributed by atoms with Crippen LogP contribution in [0.25, 0.3) is 0 Å². The number of hydrogen-bond donors (Lipinski definition) is 2. The van der Waals surface area contributed by atoms with Gasteiger partial charge in [0.05, 0.1) is 0 Å². The van der Waals surface area contributed by atoms with Crippen LogP contribution in [0.15, 0.2) is 27.1 Å². The van der Waals surface area contributed by atoms with Crippen molar-refractivity contribution in [3.63, 3.8) is 0 Å². The third-order valence-electron chi connectivity index (χ3n) is 1.63. The van der Waals surface area contributed by atoms with Crippen LogP contribution in [-0.4, -0.2) is 6.54 Å². The summed E-state index contributed by atoms with van der Waals surface area (Å²) < 4.78 is 2.03. The van der Waals surface area contributed by atoms with Gasteiger partial charge >= 0.3 is 0 Å². The predicted molar refractivity (Wildman–Crippen MR) is 57.8 cm³/mol. The Kier molecular flexibility index (Phi) is 3.71. The second-order valence-electron chi connectivity index (χ2n) is 2.52.